The number of benzene rings is 2. The third-order valence-electron chi connectivity index (χ3n) is 3.71. The largest absolute Gasteiger partial charge is 0.385 e. The molecule has 27 heavy (non-hydrogen) atoms. The Balaban J connectivity index is 1.80. The molecular formula is C17H11Cl3N4O3. The number of carbonyl (C=O) groups excluding carboxylic acids is 3. The Bertz CT molecular complexity index is 979. The molecule has 2 aromatic rings. The minimum atomic E-state index is -1.52. The summed E-state index contributed by atoms with van der Waals surface area (Å²) in [4.78, 5) is 37.3. The van der Waals surface area contributed by atoms with E-state index in [0.717, 1.165) is 5.01 Å². The second-order valence-corrected chi connectivity index (χ2v) is 6.73. The third kappa shape index (κ3) is 3.75. The van der Waals surface area contributed by atoms with Crippen LogP contribution < -0.4 is 16.1 Å². The second kappa shape index (κ2) is 7.56. The lowest BCUT2D eigenvalue weighted by Crippen LogP contribution is -2.41. The van der Waals surface area contributed by atoms with Crippen LogP contribution in [-0.2, 0) is 14.4 Å². The summed E-state index contributed by atoms with van der Waals surface area (Å²) in [5.41, 5.74) is 6.22. The van der Waals surface area contributed by atoms with Crippen LogP contribution in [0, 0.1) is 5.92 Å². The average molecular weight is 426 g/mol. The fourth-order valence-electron chi connectivity index (χ4n) is 2.41. The van der Waals surface area contributed by atoms with E-state index in [2.05, 4.69) is 10.4 Å². The fourth-order valence-corrected chi connectivity index (χ4v) is 3.00. The molecule has 2 amide bonds. The second-order valence-electron chi connectivity index (χ2n) is 5.51. The number of anilines is 2. The number of halogens is 3. The van der Waals surface area contributed by atoms with Crippen LogP contribution in [0.15, 0.2) is 47.6 Å². The van der Waals surface area contributed by atoms with Crippen molar-refractivity contribution in [3.05, 3.63) is 57.5 Å². The molecule has 0 spiro atoms. The number of carbonyl (C=O) groups is 3. The number of Topliss-reactive ketones (excluding diaryl/α,β-unsaturated/α-hetero) is 1. The maximum Gasteiger partial charge on any atom is 0.293 e. The van der Waals surface area contributed by atoms with E-state index in [9.17, 15) is 14.4 Å². The summed E-state index contributed by atoms with van der Waals surface area (Å²) in [7, 11) is 0. The highest BCUT2D eigenvalue weighted by molar-refractivity contribution is 6.51. The molecule has 0 fully saturated rings. The highest BCUT2D eigenvalue weighted by Gasteiger charge is 2.43. The van der Waals surface area contributed by atoms with Gasteiger partial charge in [-0.25, -0.2) is 0 Å². The van der Waals surface area contributed by atoms with E-state index in [4.69, 9.17) is 40.5 Å². The lowest BCUT2D eigenvalue weighted by Gasteiger charge is -2.13. The van der Waals surface area contributed by atoms with Crippen molar-refractivity contribution >= 4 is 69.6 Å². The Morgan fingerprint density at radius 2 is 1.67 bits per heavy atom. The summed E-state index contributed by atoms with van der Waals surface area (Å²) >= 11 is 17.7. The Labute approximate surface area is 168 Å². The predicted molar refractivity (Wildman–Crippen MR) is 104 cm³/mol. The van der Waals surface area contributed by atoms with Crippen molar-refractivity contribution in [2.75, 3.05) is 10.3 Å². The van der Waals surface area contributed by atoms with Crippen molar-refractivity contribution in [2.45, 2.75) is 0 Å². The van der Waals surface area contributed by atoms with E-state index >= 15 is 0 Å². The minimum absolute atomic E-state index is 0.0743. The number of hydrazone groups is 1. The van der Waals surface area contributed by atoms with Gasteiger partial charge in [-0.05, 0) is 24.3 Å². The molecule has 2 aromatic carbocycles. The van der Waals surface area contributed by atoms with Crippen LogP contribution in [0.5, 0.6) is 0 Å². The molecule has 1 heterocycles. The van der Waals surface area contributed by atoms with Crippen LogP contribution in [0.2, 0.25) is 15.1 Å². The van der Waals surface area contributed by atoms with E-state index < -0.39 is 23.5 Å². The normalized spacial score (nSPS) is 16.3. The lowest BCUT2D eigenvalue weighted by atomic mass is 10.0. The number of nitrogens with two attached hydrogens (primary N) is 1. The van der Waals surface area contributed by atoms with Crippen molar-refractivity contribution in [2.24, 2.45) is 16.8 Å². The predicted octanol–water partition coefficient (Wildman–Crippen LogP) is 3.09. The van der Waals surface area contributed by atoms with E-state index in [1.165, 1.54) is 12.1 Å². The van der Waals surface area contributed by atoms with Crippen molar-refractivity contribution < 1.29 is 14.4 Å². The van der Waals surface area contributed by atoms with Gasteiger partial charge in [-0.15, -0.1) is 0 Å². The first kappa shape index (κ1) is 19.2. The molecule has 0 saturated carbocycles. The molecule has 3 N–H and O–H groups in total. The number of rotatable bonds is 4. The van der Waals surface area contributed by atoms with Crippen molar-refractivity contribution in [3.63, 3.8) is 0 Å². The molecular weight excluding hydrogens is 415 g/mol. The SMILES string of the molecule is NC1=NN(c2ccccc2)C(=O)[C@H]1C(=O)C(=O)Nc1cc(Cl)c(Cl)cc1Cl. The Morgan fingerprint density at radius 3 is 2.33 bits per heavy atom. The van der Waals surface area contributed by atoms with Crippen molar-refractivity contribution in [1.82, 2.24) is 0 Å². The number of hydrogen-bond donors (Lipinski definition) is 2. The van der Waals surface area contributed by atoms with E-state index in [0.29, 0.717) is 5.69 Å². The molecule has 7 nitrogen and oxygen atoms in total. The number of para-hydroxylation sites is 1. The van der Waals surface area contributed by atoms with E-state index in [1.807, 2.05) is 0 Å². The molecule has 10 heteroatoms. The summed E-state index contributed by atoms with van der Waals surface area (Å²) < 4.78 is 0. The highest BCUT2D eigenvalue weighted by atomic mass is 35.5. The molecule has 0 radical (unpaired) electrons. The van der Waals surface area contributed by atoms with Gasteiger partial charge in [0, 0.05) is 0 Å². The van der Waals surface area contributed by atoms with Gasteiger partial charge in [0.15, 0.2) is 5.92 Å². The van der Waals surface area contributed by atoms with Gasteiger partial charge in [-0.3, -0.25) is 14.4 Å². The number of nitrogens with one attached hydrogen (secondary N) is 1. The topological polar surface area (TPSA) is 105 Å². The average Bonchev–Trinajstić information content (AvgIpc) is 2.94. The molecule has 0 saturated heterocycles. The maximum atomic E-state index is 12.5. The monoisotopic (exact) mass is 424 g/mol. The van der Waals surface area contributed by atoms with Gasteiger partial charge in [0.05, 0.1) is 26.4 Å². The molecule has 1 aliphatic heterocycles. The van der Waals surface area contributed by atoms with Gasteiger partial charge in [0.25, 0.3) is 11.8 Å². The Hall–Kier alpha value is -2.61. The fraction of sp³-hybridized carbons (Fsp3) is 0.0588. The van der Waals surface area contributed by atoms with Crippen LogP contribution in [0.3, 0.4) is 0 Å². The number of ketones is 1. The standard InChI is InChI=1S/C17H11Cl3N4O3/c18-9-6-11(20)12(7-10(9)19)22-16(26)14(25)13-15(21)23-24(17(13)27)8-4-2-1-3-5-8/h1-7,13H,(H2,21,23)(H,22,26)/t13-/m0/s1. The van der Waals surface area contributed by atoms with Gasteiger partial charge in [-0.1, -0.05) is 53.0 Å². The van der Waals surface area contributed by atoms with Gasteiger partial charge in [0.2, 0.25) is 5.78 Å². The molecule has 1 atom stereocenters. The summed E-state index contributed by atoms with van der Waals surface area (Å²) in [5, 5.41) is 7.58. The molecule has 0 aliphatic carbocycles. The number of nitrogens with zero attached hydrogens (tertiary/aromatic N) is 2. The van der Waals surface area contributed by atoms with E-state index in [1.54, 1.807) is 30.3 Å². The summed E-state index contributed by atoms with van der Waals surface area (Å²) in [5.74, 6) is -4.67. The first-order chi connectivity index (χ1) is 12.8. The minimum Gasteiger partial charge on any atom is -0.385 e. The number of amidine groups is 1. The first-order valence-corrected chi connectivity index (χ1v) is 8.65. The zero-order valence-corrected chi connectivity index (χ0v) is 15.7. The van der Waals surface area contributed by atoms with Crippen LogP contribution in [0.1, 0.15) is 0 Å². The van der Waals surface area contributed by atoms with Crippen LogP contribution >= 0.6 is 34.8 Å². The van der Waals surface area contributed by atoms with Crippen molar-refractivity contribution in [1.29, 1.82) is 0 Å². The van der Waals surface area contributed by atoms with Gasteiger partial charge in [-0.2, -0.15) is 10.1 Å². The quantitative estimate of drug-likeness (QED) is 0.446. The zero-order valence-electron chi connectivity index (χ0n) is 13.4. The zero-order chi connectivity index (χ0) is 19.7. The summed E-state index contributed by atoms with van der Waals surface area (Å²) in [6.45, 7) is 0. The van der Waals surface area contributed by atoms with Crippen LogP contribution in [0.25, 0.3) is 0 Å². The molecule has 0 aromatic heterocycles. The molecule has 138 valence electrons. The van der Waals surface area contributed by atoms with Crippen LogP contribution in [-0.4, -0.2) is 23.4 Å². The summed E-state index contributed by atoms with van der Waals surface area (Å²) in [6.07, 6.45) is 0. The maximum absolute atomic E-state index is 12.5. The third-order valence-corrected chi connectivity index (χ3v) is 4.75. The molecule has 0 unspecified atom stereocenters. The first-order valence-electron chi connectivity index (χ1n) is 7.52. The Morgan fingerprint density at radius 1 is 1.04 bits per heavy atom. The lowest BCUT2D eigenvalue weighted by molar-refractivity contribution is -0.138. The van der Waals surface area contributed by atoms with E-state index in [-0.39, 0.29) is 26.6 Å². The van der Waals surface area contributed by atoms with Crippen LogP contribution in [0.4, 0.5) is 11.4 Å². The smallest absolute Gasteiger partial charge is 0.293 e. The van der Waals surface area contributed by atoms with Gasteiger partial charge >= 0.3 is 0 Å². The van der Waals surface area contributed by atoms with Gasteiger partial charge < -0.3 is 11.1 Å². The highest BCUT2D eigenvalue weighted by Crippen LogP contribution is 2.32. The number of amides is 2. The molecule has 1 aliphatic rings. The van der Waals surface area contributed by atoms with Crippen molar-refractivity contribution in [3.8, 4) is 0 Å². The molecule has 0 bridgehead atoms. The Kier molecular flexibility index (Phi) is 5.36. The molecule has 3 rings (SSSR count). The van der Waals surface area contributed by atoms with Gasteiger partial charge in [0.1, 0.15) is 5.84 Å². The number of hydrogen-bond acceptors (Lipinski definition) is 5. The summed E-state index contributed by atoms with van der Waals surface area (Å²) in [6, 6.07) is 11.0.